The van der Waals surface area contributed by atoms with Crippen molar-refractivity contribution < 1.29 is 18.0 Å². The molecule has 1 saturated carbocycles. The number of nitrogens with zero attached hydrogens (tertiary/aromatic N) is 1. The molecule has 2 aliphatic rings. The average Bonchev–Trinajstić information content (AvgIpc) is 2.97. The van der Waals surface area contributed by atoms with Crippen LogP contribution >= 0.6 is 0 Å². The van der Waals surface area contributed by atoms with Crippen molar-refractivity contribution in [2.45, 2.75) is 62.9 Å². The fourth-order valence-corrected chi connectivity index (χ4v) is 6.37. The summed E-state index contributed by atoms with van der Waals surface area (Å²) in [6, 6.07) is 0. The van der Waals surface area contributed by atoms with Gasteiger partial charge in [-0.2, -0.15) is 0 Å². The number of rotatable bonds is 5. The Balaban J connectivity index is 2.17. The van der Waals surface area contributed by atoms with Crippen molar-refractivity contribution in [1.82, 2.24) is 4.90 Å². The number of amides is 2. The van der Waals surface area contributed by atoms with Gasteiger partial charge in [-0.3, -0.25) is 9.59 Å². The van der Waals surface area contributed by atoms with Crippen LogP contribution in [0.25, 0.3) is 0 Å². The zero-order chi connectivity index (χ0) is 17.2. The highest BCUT2D eigenvalue weighted by Crippen LogP contribution is 2.30. The first-order valence-electron chi connectivity index (χ1n) is 8.56. The maximum Gasteiger partial charge on any atom is 0.241 e. The van der Waals surface area contributed by atoms with Crippen molar-refractivity contribution in [2.24, 2.45) is 17.6 Å². The molecule has 23 heavy (non-hydrogen) atoms. The third-order valence-electron chi connectivity index (χ3n) is 5.12. The van der Waals surface area contributed by atoms with Crippen LogP contribution in [-0.2, 0) is 19.4 Å². The first kappa shape index (κ1) is 18.2. The van der Waals surface area contributed by atoms with Crippen LogP contribution < -0.4 is 5.73 Å². The normalized spacial score (nSPS) is 24.8. The van der Waals surface area contributed by atoms with Crippen LogP contribution in [0.3, 0.4) is 0 Å². The second-order valence-electron chi connectivity index (χ2n) is 7.19. The summed E-state index contributed by atoms with van der Waals surface area (Å²) >= 11 is 0. The molecule has 0 unspecified atom stereocenters. The Hall–Kier alpha value is -1.11. The first-order chi connectivity index (χ1) is 10.7. The van der Waals surface area contributed by atoms with Crippen molar-refractivity contribution >= 4 is 21.7 Å². The predicted molar refractivity (Wildman–Crippen MR) is 88.3 cm³/mol. The van der Waals surface area contributed by atoms with E-state index in [1.54, 1.807) is 13.8 Å². The zero-order valence-electron chi connectivity index (χ0n) is 14.0. The van der Waals surface area contributed by atoms with Crippen molar-refractivity contribution in [1.29, 1.82) is 0 Å². The van der Waals surface area contributed by atoms with Crippen molar-refractivity contribution in [3.8, 4) is 0 Å². The molecule has 2 rings (SSSR count). The maximum absolute atomic E-state index is 13.0. The van der Waals surface area contributed by atoms with Gasteiger partial charge in [0.15, 0.2) is 9.84 Å². The number of sulfone groups is 1. The lowest BCUT2D eigenvalue weighted by molar-refractivity contribution is -0.130. The first-order valence-corrected chi connectivity index (χ1v) is 10.2. The second kappa shape index (κ2) is 7.20. The molecular formula is C16H28N2O4S. The van der Waals surface area contributed by atoms with Gasteiger partial charge >= 0.3 is 0 Å². The molecule has 7 heteroatoms. The highest BCUT2D eigenvalue weighted by molar-refractivity contribution is 7.93. The third kappa shape index (κ3) is 3.87. The molecule has 6 nitrogen and oxygen atoms in total. The van der Waals surface area contributed by atoms with E-state index < -0.39 is 26.2 Å². The highest BCUT2D eigenvalue weighted by Gasteiger charge is 2.44. The number of carbonyl (C=O) groups excluding carboxylic acids is 2. The van der Waals surface area contributed by atoms with Crippen LogP contribution in [0, 0.1) is 11.8 Å². The fraction of sp³-hybridized carbons (Fsp3) is 0.875. The molecular weight excluding hydrogens is 316 g/mol. The number of nitrogens with two attached hydrogens (primary N) is 1. The van der Waals surface area contributed by atoms with Gasteiger partial charge < -0.3 is 10.6 Å². The van der Waals surface area contributed by atoms with Crippen molar-refractivity contribution in [3.63, 3.8) is 0 Å². The van der Waals surface area contributed by atoms with Gasteiger partial charge in [-0.05, 0) is 25.2 Å². The molecule has 1 aliphatic heterocycles. The molecule has 1 saturated heterocycles. The Morgan fingerprint density at radius 1 is 1.09 bits per heavy atom. The second-order valence-corrected chi connectivity index (χ2v) is 9.54. The summed E-state index contributed by atoms with van der Waals surface area (Å²) in [5.74, 6) is -1.41. The SMILES string of the molecule is CC(C)[C@H](C(=O)N1CC[C@H](C(N)=O)C1)S(=O)(=O)C1CCCCC1. The highest BCUT2D eigenvalue weighted by atomic mass is 32.2. The number of primary amides is 1. The standard InChI is InChI=1S/C16H28N2O4S/c1-11(2)14(23(21,22)13-6-4-3-5-7-13)16(20)18-9-8-12(10-18)15(17)19/h11-14H,3-10H2,1-2H3,(H2,17,19)/t12-,14+/m0/s1. The minimum atomic E-state index is -3.51. The van der Waals surface area contributed by atoms with E-state index in [0.29, 0.717) is 25.8 Å². The molecule has 132 valence electrons. The van der Waals surface area contributed by atoms with Crippen LogP contribution in [0.4, 0.5) is 0 Å². The molecule has 1 aliphatic carbocycles. The Labute approximate surface area is 138 Å². The van der Waals surface area contributed by atoms with E-state index in [-0.39, 0.29) is 24.3 Å². The molecule has 2 amide bonds. The van der Waals surface area contributed by atoms with Gasteiger partial charge in [0, 0.05) is 13.1 Å². The lowest BCUT2D eigenvalue weighted by Gasteiger charge is -2.31. The average molecular weight is 344 g/mol. The van der Waals surface area contributed by atoms with Crippen LogP contribution in [0.15, 0.2) is 0 Å². The molecule has 2 fully saturated rings. The lowest BCUT2D eigenvalue weighted by atomic mass is 10.0. The molecule has 0 spiro atoms. The van der Waals surface area contributed by atoms with Gasteiger partial charge in [-0.15, -0.1) is 0 Å². The quantitative estimate of drug-likeness (QED) is 0.807. The van der Waals surface area contributed by atoms with E-state index in [9.17, 15) is 18.0 Å². The summed E-state index contributed by atoms with van der Waals surface area (Å²) < 4.78 is 26.0. The van der Waals surface area contributed by atoms with E-state index in [2.05, 4.69) is 0 Å². The van der Waals surface area contributed by atoms with Gasteiger partial charge in [0.25, 0.3) is 0 Å². The number of likely N-dealkylation sites (tertiary alicyclic amines) is 1. The molecule has 0 radical (unpaired) electrons. The number of hydrogen-bond acceptors (Lipinski definition) is 4. The number of carbonyl (C=O) groups is 2. The lowest BCUT2D eigenvalue weighted by Crippen LogP contribution is -2.48. The van der Waals surface area contributed by atoms with E-state index in [4.69, 9.17) is 5.73 Å². The molecule has 0 aromatic rings. The maximum atomic E-state index is 13.0. The summed E-state index contributed by atoms with van der Waals surface area (Å²) in [4.78, 5) is 25.6. The van der Waals surface area contributed by atoms with E-state index in [1.165, 1.54) is 4.90 Å². The van der Waals surface area contributed by atoms with Crippen LogP contribution in [0.5, 0.6) is 0 Å². The summed E-state index contributed by atoms with van der Waals surface area (Å²) in [7, 11) is -3.51. The Morgan fingerprint density at radius 3 is 2.17 bits per heavy atom. The fourth-order valence-electron chi connectivity index (χ4n) is 3.78. The van der Waals surface area contributed by atoms with E-state index >= 15 is 0 Å². The largest absolute Gasteiger partial charge is 0.369 e. The third-order valence-corrected chi connectivity index (χ3v) is 7.98. The van der Waals surface area contributed by atoms with Crippen LogP contribution in [0.2, 0.25) is 0 Å². The van der Waals surface area contributed by atoms with Gasteiger partial charge in [0.1, 0.15) is 5.25 Å². The summed E-state index contributed by atoms with van der Waals surface area (Å²) in [6.07, 6.45) is 4.73. The minimum absolute atomic E-state index is 0.248. The monoisotopic (exact) mass is 344 g/mol. The van der Waals surface area contributed by atoms with Gasteiger partial charge in [-0.1, -0.05) is 33.1 Å². The van der Waals surface area contributed by atoms with E-state index in [0.717, 1.165) is 19.3 Å². The van der Waals surface area contributed by atoms with Crippen LogP contribution in [0.1, 0.15) is 52.4 Å². The van der Waals surface area contributed by atoms with Crippen molar-refractivity contribution in [2.75, 3.05) is 13.1 Å². The van der Waals surface area contributed by atoms with Gasteiger partial charge in [0.05, 0.1) is 11.2 Å². The molecule has 0 aromatic heterocycles. The van der Waals surface area contributed by atoms with Gasteiger partial charge in [-0.25, -0.2) is 8.42 Å². The summed E-state index contributed by atoms with van der Waals surface area (Å²) in [5, 5.41) is -1.40. The Morgan fingerprint density at radius 2 is 1.70 bits per heavy atom. The van der Waals surface area contributed by atoms with E-state index in [1.807, 2.05) is 0 Å². The molecule has 0 aromatic carbocycles. The number of hydrogen-bond donors (Lipinski definition) is 1. The summed E-state index contributed by atoms with van der Waals surface area (Å²) in [6.45, 7) is 4.22. The topological polar surface area (TPSA) is 97.5 Å². The smallest absolute Gasteiger partial charge is 0.241 e. The van der Waals surface area contributed by atoms with Gasteiger partial charge in [0.2, 0.25) is 11.8 Å². The molecule has 2 atom stereocenters. The molecule has 0 bridgehead atoms. The Bertz CT molecular complexity index is 552. The molecule has 2 N–H and O–H groups in total. The Kier molecular flexibility index (Phi) is 5.70. The predicted octanol–water partition coefficient (Wildman–Crippen LogP) is 1.09. The zero-order valence-corrected chi connectivity index (χ0v) is 14.8. The molecule has 1 heterocycles. The summed E-state index contributed by atoms with van der Waals surface area (Å²) in [5.41, 5.74) is 5.30. The van der Waals surface area contributed by atoms with Crippen LogP contribution in [-0.4, -0.2) is 48.7 Å². The van der Waals surface area contributed by atoms with Crippen molar-refractivity contribution in [3.05, 3.63) is 0 Å². The minimum Gasteiger partial charge on any atom is -0.369 e.